The van der Waals surface area contributed by atoms with Crippen molar-refractivity contribution in [1.29, 1.82) is 0 Å². The number of carboxylic acids is 1. The summed E-state index contributed by atoms with van der Waals surface area (Å²) in [7, 11) is -18.4. The van der Waals surface area contributed by atoms with Gasteiger partial charge in [0, 0.05) is 88.1 Å². The Morgan fingerprint density at radius 1 is 0.414 bits per heavy atom. The summed E-state index contributed by atoms with van der Waals surface area (Å²) < 4.78 is 154. The lowest BCUT2D eigenvalue weighted by Gasteiger charge is -2.27. The van der Waals surface area contributed by atoms with Crippen LogP contribution in [0.2, 0.25) is 0 Å². The fraction of sp³-hybridized carbons (Fsp3) is 0.219. The third kappa shape index (κ3) is 17.9. The predicted octanol–water partition coefficient (Wildman–Crippen LogP) is 15.3. The molecule has 1 amide bonds. The minimum absolute atomic E-state index is 0.00254. The van der Waals surface area contributed by atoms with Crippen LogP contribution < -0.4 is 22.0 Å². The Balaban J connectivity index is 1.36. The Hall–Kier alpha value is -7.69. The van der Waals surface area contributed by atoms with Crippen LogP contribution in [0.15, 0.2) is 213 Å². The quantitative estimate of drug-likeness (QED) is 0.0563. The second-order valence-electron chi connectivity index (χ2n) is 25.6. The number of fused-ring (bicyclic) bond motifs is 8. The molecule has 0 aliphatic heterocycles. The molecule has 1 aliphatic rings. The van der Waals surface area contributed by atoms with E-state index in [2.05, 4.69) is 69.0 Å². The van der Waals surface area contributed by atoms with E-state index in [4.69, 9.17) is 21.5 Å². The van der Waals surface area contributed by atoms with E-state index in [9.17, 15) is 19.5 Å². The highest BCUT2D eigenvalue weighted by Gasteiger charge is 2.34. The molecule has 0 aromatic heterocycles. The lowest BCUT2D eigenvalue weighted by atomic mass is 9.81. The highest BCUT2D eigenvalue weighted by molar-refractivity contribution is 9.11. The zero-order valence-corrected chi connectivity index (χ0v) is 63.8. The van der Waals surface area contributed by atoms with E-state index in [-0.39, 0.29) is 98.2 Å². The number of carbonyl (C=O) groups excluding carboxylic acids is 2. The van der Waals surface area contributed by atoms with Crippen molar-refractivity contribution in [1.82, 2.24) is 5.32 Å². The van der Waals surface area contributed by atoms with Gasteiger partial charge < -0.3 is 31.9 Å². The predicted molar refractivity (Wildman–Crippen MR) is 387 cm³/mol. The maximum Gasteiger partial charge on any atom is 0.339 e. The van der Waals surface area contributed by atoms with Gasteiger partial charge in [-0.2, -0.15) is 33.7 Å². The summed E-state index contributed by atoms with van der Waals surface area (Å²) in [5.41, 5.74) is 0.487. The summed E-state index contributed by atoms with van der Waals surface area (Å²) in [4.78, 5) is 40.1. The van der Waals surface area contributed by atoms with Gasteiger partial charge in [-0.15, -0.1) is 0 Å². The van der Waals surface area contributed by atoms with Gasteiger partial charge in [-0.1, -0.05) is 184 Å². The van der Waals surface area contributed by atoms with Crippen LogP contribution in [-0.2, 0) is 109 Å². The first-order chi connectivity index (χ1) is 46.4. The van der Waals surface area contributed by atoms with Crippen LogP contribution in [0.1, 0.15) is 120 Å². The normalized spacial score (nSPS) is 13.2. The number of halogens is 4. The summed E-state index contributed by atoms with van der Waals surface area (Å²) in [6.07, 6.45) is -3.06. The molecule has 9 aromatic carbocycles. The van der Waals surface area contributed by atoms with Gasteiger partial charge in [-0.3, -0.25) is 9.59 Å². The Morgan fingerprint density at radius 2 is 0.677 bits per heavy atom. The second kappa shape index (κ2) is 29.5. The third-order valence-electron chi connectivity index (χ3n) is 16.1. The van der Waals surface area contributed by atoms with Crippen LogP contribution >= 0.6 is 63.7 Å². The van der Waals surface area contributed by atoms with Gasteiger partial charge in [0.05, 0.1) is 20.0 Å². The number of hydrogen-bond donors (Lipinski definition) is 2. The van der Waals surface area contributed by atoms with Gasteiger partial charge in [0.15, 0.2) is 6.04 Å². The van der Waals surface area contributed by atoms with Crippen molar-refractivity contribution >= 4 is 122 Å². The number of carboxylic acid groups (broad SMARTS) is 1. The first-order valence-corrected chi connectivity index (χ1v) is 39.3. The summed E-state index contributed by atoms with van der Waals surface area (Å²) in [6, 6.07) is 42.0. The highest BCUT2D eigenvalue weighted by atomic mass is 79.9. The molecule has 0 radical (unpaired) electrons. The van der Waals surface area contributed by atoms with Crippen LogP contribution in [0.5, 0.6) is 23.0 Å². The van der Waals surface area contributed by atoms with Crippen molar-refractivity contribution in [3.63, 3.8) is 0 Å². The zero-order chi connectivity index (χ0) is 71.7. The third-order valence-corrected chi connectivity index (χ3v) is 23.2. The number of methoxy groups -OCH3 is 1. The number of aliphatic carboxylic acids is 1. The van der Waals surface area contributed by atoms with Gasteiger partial charge in [-0.25, -0.2) is 4.79 Å². The van der Waals surface area contributed by atoms with Crippen LogP contribution in [0, 0.1) is 0 Å². The average molecular weight is 1680 g/mol. The van der Waals surface area contributed by atoms with E-state index in [1.807, 2.05) is 41.5 Å². The molecule has 26 heteroatoms. The zero-order valence-electron chi connectivity index (χ0n) is 54.2. The molecule has 0 unspecified atom stereocenters. The van der Waals surface area contributed by atoms with Gasteiger partial charge in [-0.05, 0) is 136 Å². The molecule has 1 atom stereocenters. The van der Waals surface area contributed by atoms with E-state index in [1.54, 1.807) is 54.6 Å². The summed E-state index contributed by atoms with van der Waals surface area (Å²) in [5.74, 6) is -4.11. The average Bonchev–Trinajstić information content (AvgIpc) is 0.756. The van der Waals surface area contributed by atoms with Crippen LogP contribution in [0.3, 0.4) is 0 Å². The van der Waals surface area contributed by atoms with Crippen molar-refractivity contribution in [3.8, 4) is 23.0 Å². The SMILES string of the molecule is COC(=O)[C@H](NC(=O)Cc1cc2c(OS(=O)(=O)c3ccc(Br)cc3)c(c1)Cc1cc(C(C)(C)C)cc(c1OS(=O)(=O)c1ccc(Br)cc1)Cc1cc(CC(=O)O)cc(c1OS(=O)(=O)c1ccc(Br)cc1)Cc1cc(C(C)(C)C)cc(c1OS(=O)(=O)c1ccc(Br)cc1)C2)c1ccccc1. The van der Waals surface area contributed by atoms with Gasteiger partial charge in [0.1, 0.15) is 42.6 Å². The largest absolute Gasteiger partial charge is 0.481 e. The minimum atomic E-state index is -4.90. The summed E-state index contributed by atoms with van der Waals surface area (Å²) >= 11 is 13.5. The molecule has 0 heterocycles. The highest BCUT2D eigenvalue weighted by Crippen LogP contribution is 2.45. The van der Waals surface area contributed by atoms with Gasteiger partial charge in [0.2, 0.25) is 5.91 Å². The van der Waals surface area contributed by atoms with Crippen LogP contribution in [0.4, 0.5) is 0 Å². The molecule has 8 bridgehead atoms. The number of esters is 1. The molecular formula is C73H65Br4NO17S4. The van der Waals surface area contributed by atoms with Crippen molar-refractivity contribution in [2.24, 2.45) is 0 Å². The number of rotatable bonds is 19. The molecule has 9 aromatic rings. The molecule has 99 heavy (non-hydrogen) atoms. The van der Waals surface area contributed by atoms with Crippen molar-refractivity contribution in [2.75, 3.05) is 7.11 Å². The fourth-order valence-electron chi connectivity index (χ4n) is 11.2. The van der Waals surface area contributed by atoms with Crippen molar-refractivity contribution in [2.45, 2.75) is 117 Å². The van der Waals surface area contributed by atoms with Gasteiger partial charge >= 0.3 is 52.4 Å². The second-order valence-corrected chi connectivity index (χ2v) is 35.4. The summed E-state index contributed by atoms with van der Waals surface area (Å²) in [6.45, 7) is 11.3. The van der Waals surface area contributed by atoms with E-state index < -0.39 is 114 Å². The van der Waals surface area contributed by atoms with E-state index >= 15 is 33.7 Å². The number of benzene rings is 9. The Morgan fingerprint density at radius 3 is 0.929 bits per heavy atom. The molecule has 18 nitrogen and oxygen atoms in total. The first kappa shape index (κ1) is 74.0. The standard InChI is InChI=1S/C73H65Br4NO17S4/c1-72(2,3)54-39-50-35-46-29-43(33-64(79)78-66(71(82)91-7)45-11-9-8-10-12-45)30-47(67(46)92-96(83,84)60-21-13-56(74)14-22-60)36-51-40-55(73(4,5)6)42-53(70(51)95-99(89,90)63-27-19-59(77)20-28-63)38-49-32-44(34-65(80)81)31-48(68(49)93-97(85,86)61-23-15-57(75)16-24-61)37-52(41-54)69(50)94-98(87,88)62-25-17-58(76)18-26-62/h8-32,39-42,66H,33-38H2,1-7H3,(H,78,79)(H,80,81)/t66-/m1/s1. The monoisotopic (exact) mass is 1670 g/mol. The molecule has 0 saturated carbocycles. The molecular weight excluding hydrogens is 1610 g/mol. The lowest BCUT2D eigenvalue weighted by molar-refractivity contribution is -0.145. The molecule has 516 valence electrons. The Labute approximate surface area is 609 Å². The van der Waals surface area contributed by atoms with Crippen molar-refractivity contribution in [3.05, 3.63) is 266 Å². The summed E-state index contributed by atoms with van der Waals surface area (Å²) in [5, 5.41) is 13.4. The Kier molecular flexibility index (Phi) is 22.0. The molecule has 0 fully saturated rings. The molecule has 10 rings (SSSR count). The number of amides is 1. The molecule has 2 N–H and O–H groups in total. The lowest BCUT2D eigenvalue weighted by Crippen LogP contribution is -2.35. The Bertz CT molecular complexity index is 4910. The maximum atomic E-state index is 15.2. The number of nitrogens with one attached hydrogen (secondary N) is 1. The van der Waals surface area contributed by atoms with Crippen LogP contribution in [0.25, 0.3) is 0 Å². The topological polar surface area (TPSA) is 266 Å². The smallest absolute Gasteiger partial charge is 0.339 e. The number of carbonyl (C=O) groups is 3. The van der Waals surface area contributed by atoms with E-state index in [0.717, 1.165) is 0 Å². The van der Waals surface area contributed by atoms with Crippen LogP contribution in [-0.4, -0.2) is 63.7 Å². The molecule has 0 spiro atoms. The van der Waals surface area contributed by atoms with E-state index in [1.165, 1.54) is 128 Å². The van der Waals surface area contributed by atoms with E-state index in [0.29, 0.717) is 34.6 Å². The van der Waals surface area contributed by atoms with Crippen molar-refractivity contribution < 1.29 is 74.6 Å². The first-order valence-electron chi connectivity index (χ1n) is 30.5. The molecule has 0 saturated heterocycles. The number of ether oxygens (including phenoxy) is 1. The molecule has 1 aliphatic carbocycles. The fourth-order valence-corrected chi connectivity index (χ4v) is 16.2. The maximum absolute atomic E-state index is 15.2. The minimum Gasteiger partial charge on any atom is -0.481 e. The van der Waals surface area contributed by atoms with Gasteiger partial charge in [0.25, 0.3) is 0 Å². The number of hydrogen-bond acceptors (Lipinski definition) is 16.